The van der Waals surface area contributed by atoms with Gasteiger partial charge in [0.2, 0.25) is 0 Å². The van der Waals surface area contributed by atoms with Gasteiger partial charge in [-0.2, -0.15) is 0 Å². The summed E-state index contributed by atoms with van der Waals surface area (Å²) < 4.78 is 1.17. The highest BCUT2D eigenvalue weighted by Gasteiger charge is 2.16. The number of nitrogens with two attached hydrogens (primary N) is 1. The van der Waals surface area contributed by atoms with Gasteiger partial charge in [-0.05, 0) is 89.3 Å². The molecule has 3 aromatic rings. The molecule has 3 rings (SSSR count). The number of hydrogen-bond acceptors (Lipinski definition) is 2. The van der Waals surface area contributed by atoms with Crippen LogP contribution in [-0.4, -0.2) is 11.5 Å². The Labute approximate surface area is 156 Å². The zero-order valence-electron chi connectivity index (χ0n) is 14.2. The predicted octanol–water partition coefficient (Wildman–Crippen LogP) is 6.28. The first-order valence-electron chi connectivity index (χ1n) is 8.81. The van der Waals surface area contributed by atoms with E-state index in [9.17, 15) is 0 Å². The van der Waals surface area contributed by atoms with E-state index in [0.29, 0.717) is 0 Å². The first-order chi connectivity index (χ1) is 11.7. The molecule has 0 aliphatic heterocycles. The van der Waals surface area contributed by atoms with Crippen molar-refractivity contribution >= 4 is 38.2 Å². The third-order valence-electron chi connectivity index (χ3n) is 4.51. The maximum absolute atomic E-state index is 5.70. The van der Waals surface area contributed by atoms with Crippen molar-refractivity contribution < 1.29 is 0 Å². The van der Waals surface area contributed by atoms with Gasteiger partial charge in [0, 0.05) is 15.4 Å². The Bertz CT molecular complexity index is 803. The quantitative estimate of drug-likeness (QED) is 0.425. The number of H-pyrrole nitrogens is 1. The maximum Gasteiger partial charge on any atom is 0.0650 e. The minimum atomic E-state index is 0.766. The smallest absolute Gasteiger partial charge is 0.0650 e. The summed E-state index contributed by atoms with van der Waals surface area (Å²) in [6.07, 6.45) is 6.95. The molecule has 4 heteroatoms. The van der Waals surface area contributed by atoms with Crippen molar-refractivity contribution in [2.24, 2.45) is 5.73 Å². The molecule has 0 aliphatic rings. The summed E-state index contributed by atoms with van der Waals surface area (Å²) in [5.41, 5.74) is 11.1. The molecule has 0 amide bonds. The normalized spacial score (nSPS) is 11.5. The highest BCUT2D eigenvalue weighted by atomic mass is 79.9. The lowest BCUT2D eigenvalue weighted by atomic mass is 10.0. The number of aryl methyl sites for hydroxylation is 2. The second-order valence-corrected chi connectivity index (χ2v) is 8.08. The first-order valence-corrected chi connectivity index (χ1v) is 10.5. The molecule has 0 radical (unpaired) electrons. The van der Waals surface area contributed by atoms with Crippen LogP contribution in [0.15, 0.2) is 34.1 Å². The van der Waals surface area contributed by atoms with Crippen LogP contribution in [0.25, 0.3) is 21.5 Å². The molecule has 2 nitrogen and oxygen atoms in total. The van der Waals surface area contributed by atoms with E-state index in [2.05, 4.69) is 57.5 Å². The number of unbranched alkanes of at least 4 members (excludes halogenated alkanes) is 2. The topological polar surface area (TPSA) is 41.8 Å². The molecule has 0 aliphatic carbocycles. The molecular formula is C20H25BrN2S. The molecule has 0 atom stereocenters. The van der Waals surface area contributed by atoms with Crippen molar-refractivity contribution in [3.8, 4) is 10.6 Å². The summed E-state index contributed by atoms with van der Waals surface area (Å²) in [4.78, 5) is 4.96. The van der Waals surface area contributed by atoms with Crippen molar-refractivity contribution in [1.82, 2.24) is 4.98 Å². The van der Waals surface area contributed by atoms with Crippen LogP contribution in [0.1, 0.15) is 43.7 Å². The lowest BCUT2D eigenvalue weighted by Crippen LogP contribution is -1.99. The van der Waals surface area contributed by atoms with Gasteiger partial charge in [0.1, 0.15) is 0 Å². The SMILES string of the molecule is CCCCc1ccc2[nH]c(-c3sccc3Br)c(CCCCN)c2c1. The van der Waals surface area contributed by atoms with Gasteiger partial charge in [0.15, 0.2) is 0 Å². The highest BCUT2D eigenvalue weighted by Crippen LogP contribution is 2.39. The van der Waals surface area contributed by atoms with Crippen LogP contribution in [-0.2, 0) is 12.8 Å². The molecule has 0 spiro atoms. The monoisotopic (exact) mass is 404 g/mol. The molecular weight excluding hydrogens is 380 g/mol. The summed E-state index contributed by atoms with van der Waals surface area (Å²) in [5.74, 6) is 0. The van der Waals surface area contributed by atoms with Gasteiger partial charge in [-0.25, -0.2) is 0 Å². The lowest BCUT2D eigenvalue weighted by molar-refractivity contribution is 0.748. The Hall–Kier alpha value is -1.10. The third kappa shape index (κ3) is 3.76. The average Bonchev–Trinajstić information content (AvgIpc) is 3.16. The molecule has 128 valence electrons. The van der Waals surface area contributed by atoms with E-state index in [-0.39, 0.29) is 0 Å². The number of aromatic nitrogens is 1. The van der Waals surface area contributed by atoms with Gasteiger partial charge in [0.05, 0.1) is 10.6 Å². The molecule has 3 N–H and O–H groups in total. The van der Waals surface area contributed by atoms with Crippen molar-refractivity contribution in [3.05, 3.63) is 45.2 Å². The number of nitrogens with one attached hydrogen (secondary N) is 1. The molecule has 0 bridgehead atoms. The summed E-state index contributed by atoms with van der Waals surface area (Å²) in [5, 5.41) is 3.53. The van der Waals surface area contributed by atoms with E-state index < -0.39 is 0 Å². The minimum absolute atomic E-state index is 0.766. The third-order valence-corrected chi connectivity index (χ3v) is 6.37. The van der Waals surface area contributed by atoms with Gasteiger partial charge >= 0.3 is 0 Å². The summed E-state index contributed by atoms with van der Waals surface area (Å²) in [7, 11) is 0. The van der Waals surface area contributed by atoms with E-state index >= 15 is 0 Å². The summed E-state index contributed by atoms with van der Waals surface area (Å²) in [6, 6.07) is 9.04. The van der Waals surface area contributed by atoms with E-state index in [0.717, 1.165) is 32.2 Å². The van der Waals surface area contributed by atoms with E-state index in [1.54, 1.807) is 11.3 Å². The fraction of sp³-hybridized carbons (Fsp3) is 0.400. The zero-order chi connectivity index (χ0) is 16.9. The van der Waals surface area contributed by atoms with Crippen LogP contribution in [0.5, 0.6) is 0 Å². The van der Waals surface area contributed by atoms with E-state index in [4.69, 9.17) is 5.73 Å². The van der Waals surface area contributed by atoms with Crippen LogP contribution in [0.3, 0.4) is 0 Å². The van der Waals surface area contributed by atoms with Gasteiger partial charge in [0.25, 0.3) is 0 Å². The van der Waals surface area contributed by atoms with E-state index in [1.807, 2.05) is 0 Å². The molecule has 0 fully saturated rings. The van der Waals surface area contributed by atoms with Crippen molar-refractivity contribution in [2.75, 3.05) is 6.54 Å². The second-order valence-electron chi connectivity index (χ2n) is 6.31. The van der Waals surface area contributed by atoms with E-state index in [1.165, 1.54) is 49.9 Å². The Morgan fingerprint density at radius 1 is 1.12 bits per heavy atom. The fourth-order valence-electron chi connectivity index (χ4n) is 3.20. The molecule has 2 heterocycles. The van der Waals surface area contributed by atoms with Crippen LogP contribution in [0, 0.1) is 0 Å². The fourth-order valence-corrected chi connectivity index (χ4v) is 4.80. The first kappa shape index (κ1) is 17.7. The van der Waals surface area contributed by atoms with Crippen LogP contribution >= 0.6 is 27.3 Å². The van der Waals surface area contributed by atoms with Gasteiger partial charge in [-0.15, -0.1) is 11.3 Å². The Morgan fingerprint density at radius 3 is 2.71 bits per heavy atom. The molecule has 24 heavy (non-hydrogen) atoms. The number of rotatable bonds is 8. The van der Waals surface area contributed by atoms with Gasteiger partial charge in [-0.3, -0.25) is 0 Å². The molecule has 0 saturated heterocycles. The Morgan fingerprint density at radius 2 is 2.00 bits per heavy atom. The minimum Gasteiger partial charge on any atom is -0.354 e. The molecule has 0 saturated carbocycles. The largest absolute Gasteiger partial charge is 0.354 e. The van der Waals surface area contributed by atoms with Crippen molar-refractivity contribution in [1.29, 1.82) is 0 Å². The van der Waals surface area contributed by atoms with Crippen molar-refractivity contribution in [3.63, 3.8) is 0 Å². The number of hydrogen-bond donors (Lipinski definition) is 2. The molecule has 2 aromatic heterocycles. The molecule has 0 unspecified atom stereocenters. The summed E-state index contributed by atoms with van der Waals surface area (Å²) in [6.45, 7) is 3.02. The van der Waals surface area contributed by atoms with Gasteiger partial charge < -0.3 is 10.7 Å². The molecule has 1 aromatic carbocycles. The Balaban J connectivity index is 2.05. The number of benzene rings is 1. The summed E-state index contributed by atoms with van der Waals surface area (Å²) >= 11 is 5.48. The van der Waals surface area contributed by atoms with Crippen LogP contribution < -0.4 is 5.73 Å². The lowest BCUT2D eigenvalue weighted by Gasteiger charge is -2.05. The average molecular weight is 405 g/mol. The zero-order valence-corrected chi connectivity index (χ0v) is 16.6. The number of aromatic amines is 1. The van der Waals surface area contributed by atoms with Crippen LogP contribution in [0.4, 0.5) is 0 Å². The number of halogens is 1. The standard InChI is InChI=1S/C20H25BrN2S/c1-2-3-6-14-8-9-18-16(13-14)15(7-4-5-11-22)19(23-18)20-17(21)10-12-24-20/h8-10,12-13,23H,2-7,11,22H2,1H3. The number of fused-ring (bicyclic) bond motifs is 1. The second kappa shape index (κ2) is 8.32. The Kier molecular flexibility index (Phi) is 6.14. The predicted molar refractivity (Wildman–Crippen MR) is 110 cm³/mol. The van der Waals surface area contributed by atoms with Crippen LogP contribution in [0.2, 0.25) is 0 Å². The number of thiophene rings is 1. The highest BCUT2D eigenvalue weighted by molar-refractivity contribution is 9.10. The maximum atomic E-state index is 5.70. The van der Waals surface area contributed by atoms with Crippen molar-refractivity contribution in [2.45, 2.75) is 45.4 Å². The van der Waals surface area contributed by atoms with Gasteiger partial charge in [-0.1, -0.05) is 19.4 Å².